The molecule has 1 unspecified atom stereocenters. The molecule has 17 heavy (non-hydrogen) atoms. The smallest absolute Gasteiger partial charge is 0.367 e. The molecule has 0 radical (unpaired) electrons. The van der Waals surface area contributed by atoms with E-state index in [9.17, 15) is 14.7 Å². The normalized spacial score (nSPS) is 22.5. The molecule has 0 fully saturated rings. The molecular formula is C11H10N3O3+. The van der Waals surface area contributed by atoms with Gasteiger partial charge in [-0.25, -0.2) is 0 Å². The van der Waals surface area contributed by atoms with Crippen molar-refractivity contribution in [2.24, 2.45) is 0 Å². The topological polar surface area (TPSA) is 104 Å². The van der Waals surface area contributed by atoms with Gasteiger partial charge in [-0.15, -0.1) is 0 Å². The Balaban J connectivity index is 2.81. The molecule has 1 atom stereocenters. The number of Topliss-reactive ketones (excluding diaryl/α,β-unsaturated/α-hetero) is 1. The summed E-state index contributed by atoms with van der Waals surface area (Å²) in [5.74, 6) is -1.39. The zero-order valence-corrected chi connectivity index (χ0v) is 9.02. The maximum absolute atomic E-state index is 11.6. The van der Waals surface area contributed by atoms with E-state index in [1.165, 1.54) is 6.07 Å². The summed E-state index contributed by atoms with van der Waals surface area (Å²) in [5.41, 5.74) is 4.87. The van der Waals surface area contributed by atoms with Crippen molar-refractivity contribution in [3.8, 4) is 0 Å². The second-order valence-electron chi connectivity index (χ2n) is 3.73. The third-order valence-electron chi connectivity index (χ3n) is 2.74. The highest BCUT2D eigenvalue weighted by atomic mass is 16.3. The number of fused-ring (bicyclic) bond motifs is 1. The summed E-state index contributed by atoms with van der Waals surface area (Å²) in [6, 6.07) is 6.39. The Bertz CT molecular complexity index is 575. The lowest BCUT2D eigenvalue weighted by Crippen LogP contribution is -2.52. The van der Waals surface area contributed by atoms with Crippen molar-refractivity contribution in [2.75, 3.05) is 5.32 Å². The summed E-state index contributed by atoms with van der Waals surface area (Å²) < 4.78 is 0. The van der Waals surface area contributed by atoms with E-state index in [0.717, 1.165) is 6.92 Å². The van der Waals surface area contributed by atoms with Crippen molar-refractivity contribution in [3.05, 3.63) is 29.8 Å². The number of nitrogens with one attached hydrogen (secondary N) is 2. The average Bonchev–Trinajstić information content (AvgIpc) is 2.29. The number of rotatable bonds is 1. The molecular weight excluding hydrogens is 222 g/mol. The summed E-state index contributed by atoms with van der Waals surface area (Å²) in [7, 11) is 0. The second kappa shape index (κ2) is 3.62. The van der Waals surface area contributed by atoms with E-state index in [-0.39, 0.29) is 5.56 Å². The predicted octanol–water partition coefficient (Wildman–Crippen LogP) is 0.0955. The van der Waals surface area contributed by atoms with Crippen LogP contribution < -0.4 is 5.32 Å². The quantitative estimate of drug-likeness (QED) is 0.472. The van der Waals surface area contributed by atoms with E-state index in [0.29, 0.717) is 5.69 Å². The number of amides is 1. The van der Waals surface area contributed by atoms with Crippen LogP contribution in [0.4, 0.5) is 5.69 Å². The van der Waals surface area contributed by atoms with Gasteiger partial charge in [-0.1, -0.05) is 18.2 Å². The van der Waals surface area contributed by atoms with Crippen molar-refractivity contribution in [1.82, 2.24) is 0 Å². The standard InChI is InChI=1S/C11H9N3O3/c1-6(15)11(17)7-4-2-3-5-8(7)13-10(16)9(11)14-12/h2-5,12,17H,1H3/p+1. The zero-order valence-electron chi connectivity index (χ0n) is 9.02. The Morgan fingerprint density at radius 1 is 1.47 bits per heavy atom. The van der Waals surface area contributed by atoms with E-state index in [1.54, 1.807) is 18.2 Å². The molecule has 86 valence electrons. The lowest BCUT2D eigenvalue weighted by Gasteiger charge is -2.26. The van der Waals surface area contributed by atoms with Crippen molar-refractivity contribution < 1.29 is 19.5 Å². The van der Waals surface area contributed by atoms with Gasteiger partial charge < -0.3 is 10.4 Å². The van der Waals surface area contributed by atoms with Gasteiger partial charge >= 0.3 is 11.6 Å². The van der Waals surface area contributed by atoms with Gasteiger partial charge in [0.15, 0.2) is 5.78 Å². The van der Waals surface area contributed by atoms with Crippen LogP contribution in [0, 0.1) is 5.53 Å². The van der Waals surface area contributed by atoms with Gasteiger partial charge in [0.05, 0.1) is 10.3 Å². The summed E-state index contributed by atoms with van der Waals surface area (Å²) in [5, 5.41) is 12.8. The minimum absolute atomic E-state index is 0.234. The third kappa shape index (κ3) is 1.39. The Labute approximate surface area is 96.5 Å². The monoisotopic (exact) mass is 232 g/mol. The van der Waals surface area contributed by atoms with Crippen LogP contribution in [0.15, 0.2) is 24.3 Å². The Hall–Kier alpha value is -2.30. The van der Waals surface area contributed by atoms with Gasteiger partial charge in [0.25, 0.3) is 5.60 Å². The van der Waals surface area contributed by atoms with Gasteiger partial charge in [0.2, 0.25) is 0 Å². The van der Waals surface area contributed by atoms with Crippen LogP contribution in [0.25, 0.3) is 0 Å². The Morgan fingerprint density at radius 2 is 2.12 bits per heavy atom. The van der Waals surface area contributed by atoms with Gasteiger partial charge in [0, 0.05) is 11.3 Å². The molecule has 3 N–H and O–H groups in total. The number of ketones is 1. The van der Waals surface area contributed by atoms with Crippen molar-refractivity contribution in [1.29, 1.82) is 5.53 Å². The minimum Gasteiger partial charge on any atom is -0.367 e. The number of hydrogen-bond donors (Lipinski definition) is 3. The Morgan fingerprint density at radius 3 is 2.71 bits per heavy atom. The van der Waals surface area contributed by atoms with Crippen molar-refractivity contribution >= 4 is 23.1 Å². The fraction of sp³-hybridized carbons (Fsp3) is 0.182. The fourth-order valence-corrected chi connectivity index (χ4v) is 1.87. The largest absolute Gasteiger partial charge is 0.448 e. The highest BCUT2D eigenvalue weighted by molar-refractivity contribution is 6.49. The molecule has 6 heteroatoms. The molecule has 1 amide bonds. The van der Waals surface area contributed by atoms with Crippen molar-refractivity contribution in [2.45, 2.75) is 12.5 Å². The third-order valence-corrected chi connectivity index (χ3v) is 2.74. The van der Waals surface area contributed by atoms with Crippen LogP contribution in [0.5, 0.6) is 0 Å². The first kappa shape index (κ1) is 11.2. The molecule has 1 aromatic carbocycles. The van der Waals surface area contributed by atoms with Gasteiger partial charge in [-0.3, -0.25) is 9.59 Å². The number of para-hydroxylation sites is 1. The van der Waals surface area contributed by atoms with E-state index < -0.39 is 23.0 Å². The minimum atomic E-state index is -2.14. The molecule has 1 aliphatic heterocycles. The van der Waals surface area contributed by atoms with Crippen LogP contribution in [0.2, 0.25) is 0 Å². The number of carbonyl (C=O) groups is 2. The van der Waals surface area contributed by atoms with Gasteiger partial charge in [-0.05, 0) is 13.0 Å². The number of hydrogen-bond acceptors (Lipinski definition) is 4. The summed E-state index contributed by atoms with van der Waals surface area (Å²) in [6.45, 7) is 1.15. The summed E-state index contributed by atoms with van der Waals surface area (Å²) in [4.78, 5) is 26.2. The van der Waals surface area contributed by atoms with E-state index >= 15 is 0 Å². The number of carbonyl (C=O) groups excluding carboxylic acids is 2. The molecule has 0 saturated carbocycles. The van der Waals surface area contributed by atoms with Crippen LogP contribution in [-0.4, -0.2) is 27.3 Å². The van der Waals surface area contributed by atoms with E-state index in [4.69, 9.17) is 5.53 Å². The average molecular weight is 232 g/mol. The first-order valence-corrected chi connectivity index (χ1v) is 4.91. The van der Waals surface area contributed by atoms with Crippen molar-refractivity contribution in [3.63, 3.8) is 0 Å². The molecule has 1 aromatic rings. The Kier molecular flexibility index (Phi) is 2.38. The number of benzene rings is 1. The molecule has 0 aliphatic carbocycles. The lowest BCUT2D eigenvalue weighted by molar-refractivity contribution is -0.156. The second-order valence-corrected chi connectivity index (χ2v) is 3.73. The predicted molar refractivity (Wildman–Crippen MR) is 57.6 cm³/mol. The number of nitrogens with zero attached hydrogens (tertiary/aromatic N) is 1. The fourth-order valence-electron chi connectivity index (χ4n) is 1.87. The summed E-state index contributed by atoms with van der Waals surface area (Å²) >= 11 is 0. The highest BCUT2D eigenvalue weighted by Gasteiger charge is 2.57. The van der Waals surface area contributed by atoms with Gasteiger partial charge in [0.1, 0.15) is 0 Å². The first-order valence-electron chi connectivity index (χ1n) is 4.91. The molecule has 0 aromatic heterocycles. The first-order chi connectivity index (χ1) is 8.01. The van der Waals surface area contributed by atoms with E-state index in [1.807, 2.05) is 0 Å². The lowest BCUT2D eigenvalue weighted by atomic mass is 9.81. The zero-order chi connectivity index (χ0) is 12.6. The summed E-state index contributed by atoms with van der Waals surface area (Å²) in [6.07, 6.45) is 0. The SMILES string of the molecule is CC(=O)C1(O)C(=[N+]=N)C(=O)Nc2ccccc21. The van der Waals surface area contributed by atoms with Crippen LogP contribution >= 0.6 is 0 Å². The molecule has 2 rings (SSSR count). The van der Waals surface area contributed by atoms with Crippen LogP contribution in [-0.2, 0) is 15.2 Å². The molecule has 1 heterocycles. The number of aliphatic hydroxyl groups is 1. The maximum atomic E-state index is 11.6. The maximum Gasteiger partial charge on any atom is 0.448 e. The number of anilines is 1. The molecule has 0 bridgehead atoms. The molecule has 1 aliphatic rings. The van der Waals surface area contributed by atoms with Crippen LogP contribution in [0.3, 0.4) is 0 Å². The highest BCUT2D eigenvalue weighted by Crippen LogP contribution is 2.33. The van der Waals surface area contributed by atoms with Gasteiger partial charge in [-0.2, -0.15) is 0 Å². The van der Waals surface area contributed by atoms with Crippen LogP contribution in [0.1, 0.15) is 12.5 Å². The van der Waals surface area contributed by atoms with E-state index in [2.05, 4.69) is 10.1 Å². The molecule has 0 saturated heterocycles. The molecule has 0 spiro atoms. The molecule has 6 nitrogen and oxygen atoms in total.